The second-order valence-electron chi connectivity index (χ2n) is 6.04. The molecule has 1 rings (SSSR count). The highest BCUT2D eigenvalue weighted by molar-refractivity contribution is 5.37. The van der Waals surface area contributed by atoms with Crippen LogP contribution in [-0.2, 0) is 0 Å². The fraction of sp³-hybridized carbons (Fsp3) is 0.625. The van der Waals surface area contributed by atoms with Crippen LogP contribution in [0.4, 0.5) is 4.39 Å². The third-order valence-electron chi connectivity index (χ3n) is 3.39. The summed E-state index contributed by atoms with van der Waals surface area (Å²) in [6.45, 7) is 4.86. The van der Waals surface area contributed by atoms with Crippen LogP contribution in [0.25, 0.3) is 0 Å². The van der Waals surface area contributed by atoms with E-state index in [1.807, 2.05) is 19.0 Å². The number of ether oxygens (including phenoxy) is 1. The predicted molar refractivity (Wildman–Crippen MR) is 83.2 cm³/mol. The Balaban J connectivity index is 2.76. The van der Waals surface area contributed by atoms with E-state index in [0.29, 0.717) is 17.9 Å². The van der Waals surface area contributed by atoms with Gasteiger partial charge < -0.3 is 20.1 Å². The average molecular weight is 298 g/mol. The van der Waals surface area contributed by atoms with Gasteiger partial charge in [0.25, 0.3) is 0 Å². The van der Waals surface area contributed by atoms with Crippen LogP contribution in [0.1, 0.15) is 31.9 Å². The Bertz CT molecular complexity index is 446. The summed E-state index contributed by atoms with van der Waals surface area (Å²) in [5.41, 5.74) is -0.182. The number of halogens is 1. The molecule has 21 heavy (non-hydrogen) atoms. The number of benzene rings is 1. The molecule has 1 atom stereocenters. The maximum atomic E-state index is 14.1. The molecule has 0 aliphatic carbocycles. The molecule has 0 aliphatic rings. The minimum atomic E-state index is -0.737. The van der Waals surface area contributed by atoms with Gasteiger partial charge in [0.1, 0.15) is 11.6 Å². The van der Waals surface area contributed by atoms with Gasteiger partial charge >= 0.3 is 0 Å². The summed E-state index contributed by atoms with van der Waals surface area (Å²) in [5.74, 6) is 0.290. The lowest BCUT2D eigenvalue weighted by atomic mass is 10.0. The molecule has 0 fully saturated rings. The highest BCUT2D eigenvalue weighted by Crippen LogP contribution is 2.29. The van der Waals surface area contributed by atoms with Gasteiger partial charge in [-0.1, -0.05) is 6.07 Å². The van der Waals surface area contributed by atoms with Crippen molar-refractivity contribution < 1.29 is 14.2 Å². The summed E-state index contributed by atoms with van der Waals surface area (Å²) in [7, 11) is 5.31. The monoisotopic (exact) mass is 298 g/mol. The summed E-state index contributed by atoms with van der Waals surface area (Å²) in [4.78, 5) is 2.04. The number of hydrogen-bond acceptors (Lipinski definition) is 4. The van der Waals surface area contributed by atoms with Gasteiger partial charge in [-0.3, -0.25) is 0 Å². The second-order valence-corrected chi connectivity index (χ2v) is 6.04. The summed E-state index contributed by atoms with van der Waals surface area (Å²) in [5, 5.41) is 13.0. The number of likely N-dealkylation sites (N-methyl/N-ethyl adjacent to an activating group) is 1. The molecule has 2 N–H and O–H groups in total. The molecule has 0 aliphatic heterocycles. The molecule has 0 spiro atoms. The zero-order chi connectivity index (χ0) is 16.0. The van der Waals surface area contributed by atoms with Crippen LogP contribution >= 0.6 is 0 Å². The predicted octanol–water partition coefficient (Wildman–Crippen LogP) is 2.19. The van der Waals surface area contributed by atoms with Gasteiger partial charge in [0.05, 0.1) is 12.7 Å². The molecule has 0 radical (unpaired) electrons. The van der Waals surface area contributed by atoms with Gasteiger partial charge in [-0.2, -0.15) is 0 Å². The van der Waals surface area contributed by atoms with E-state index in [0.717, 1.165) is 13.0 Å². The molecule has 1 aromatic carbocycles. The molecule has 0 saturated heterocycles. The molecule has 0 bridgehead atoms. The number of hydrogen-bond donors (Lipinski definition) is 2. The van der Waals surface area contributed by atoms with Crippen molar-refractivity contribution >= 4 is 0 Å². The second kappa shape index (κ2) is 7.73. The minimum Gasteiger partial charge on any atom is -0.496 e. The van der Waals surface area contributed by atoms with Crippen molar-refractivity contribution in [3.63, 3.8) is 0 Å². The SMILES string of the molecule is CNC(CCN(C)CC(C)(C)O)c1c(F)cccc1OC. The number of rotatable bonds is 8. The lowest BCUT2D eigenvalue weighted by Gasteiger charge is -2.27. The number of nitrogens with one attached hydrogen (secondary N) is 1. The van der Waals surface area contributed by atoms with Crippen molar-refractivity contribution in [2.24, 2.45) is 0 Å². The number of methoxy groups -OCH3 is 1. The first-order valence-corrected chi connectivity index (χ1v) is 7.19. The molecule has 0 saturated carbocycles. The maximum absolute atomic E-state index is 14.1. The Labute approximate surface area is 126 Å². The molecule has 4 nitrogen and oxygen atoms in total. The highest BCUT2D eigenvalue weighted by Gasteiger charge is 2.21. The topological polar surface area (TPSA) is 44.7 Å². The van der Waals surface area contributed by atoms with E-state index in [1.165, 1.54) is 6.07 Å². The van der Waals surface area contributed by atoms with Crippen molar-refractivity contribution in [3.05, 3.63) is 29.6 Å². The summed E-state index contributed by atoms with van der Waals surface area (Å²) >= 11 is 0. The smallest absolute Gasteiger partial charge is 0.131 e. The van der Waals surface area contributed by atoms with Gasteiger partial charge in [0, 0.05) is 18.2 Å². The fourth-order valence-electron chi connectivity index (χ4n) is 2.56. The maximum Gasteiger partial charge on any atom is 0.131 e. The van der Waals surface area contributed by atoms with Gasteiger partial charge in [0.15, 0.2) is 0 Å². The van der Waals surface area contributed by atoms with Crippen molar-refractivity contribution in [3.8, 4) is 5.75 Å². The average Bonchev–Trinajstić information content (AvgIpc) is 2.38. The number of aliphatic hydroxyl groups is 1. The Morgan fingerprint density at radius 3 is 2.62 bits per heavy atom. The van der Waals surface area contributed by atoms with Gasteiger partial charge in [-0.25, -0.2) is 4.39 Å². The normalized spacial score (nSPS) is 13.5. The third kappa shape index (κ3) is 5.61. The lowest BCUT2D eigenvalue weighted by molar-refractivity contribution is 0.0436. The first kappa shape index (κ1) is 17.9. The first-order chi connectivity index (χ1) is 9.78. The van der Waals surface area contributed by atoms with Crippen molar-refractivity contribution in [2.45, 2.75) is 31.9 Å². The van der Waals surface area contributed by atoms with Crippen molar-refractivity contribution in [2.75, 3.05) is 34.3 Å². The quantitative estimate of drug-likeness (QED) is 0.772. The number of nitrogens with zero attached hydrogens (tertiary/aromatic N) is 1. The lowest BCUT2D eigenvalue weighted by Crippen LogP contribution is -2.37. The standard InChI is InChI=1S/C16H27FN2O2/c1-16(2,20)11-19(4)10-9-13(18-3)15-12(17)7-6-8-14(15)21-5/h6-8,13,18,20H,9-11H2,1-5H3. The minimum absolute atomic E-state index is 0.134. The Kier molecular flexibility index (Phi) is 6.58. The van der Waals surface area contributed by atoms with E-state index < -0.39 is 5.60 Å². The Morgan fingerprint density at radius 2 is 2.10 bits per heavy atom. The van der Waals surface area contributed by atoms with Crippen LogP contribution in [0.3, 0.4) is 0 Å². The van der Waals surface area contributed by atoms with Crippen LogP contribution in [0.2, 0.25) is 0 Å². The summed E-state index contributed by atoms with van der Waals surface area (Å²) in [6, 6.07) is 4.72. The van der Waals surface area contributed by atoms with E-state index in [-0.39, 0.29) is 11.9 Å². The van der Waals surface area contributed by atoms with Crippen LogP contribution in [0.5, 0.6) is 5.75 Å². The van der Waals surface area contributed by atoms with E-state index >= 15 is 0 Å². The van der Waals surface area contributed by atoms with E-state index in [9.17, 15) is 9.50 Å². The van der Waals surface area contributed by atoms with Gasteiger partial charge in [0.2, 0.25) is 0 Å². The summed E-state index contributed by atoms with van der Waals surface area (Å²) in [6.07, 6.45) is 0.723. The highest BCUT2D eigenvalue weighted by atomic mass is 19.1. The van der Waals surface area contributed by atoms with Crippen LogP contribution < -0.4 is 10.1 Å². The summed E-state index contributed by atoms with van der Waals surface area (Å²) < 4.78 is 19.4. The fourth-order valence-corrected chi connectivity index (χ4v) is 2.56. The van der Waals surface area contributed by atoms with Gasteiger partial charge in [-0.15, -0.1) is 0 Å². The Morgan fingerprint density at radius 1 is 1.43 bits per heavy atom. The molecule has 0 aromatic heterocycles. The van der Waals surface area contributed by atoms with E-state index in [4.69, 9.17) is 4.74 Å². The molecule has 1 aromatic rings. The van der Waals surface area contributed by atoms with Crippen LogP contribution in [0.15, 0.2) is 18.2 Å². The molecule has 120 valence electrons. The first-order valence-electron chi connectivity index (χ1n) is 7.19. The molecular formula is C16H27FN2O2. The van der Waals surface area contributed by atoms with Crippen molar-refractivity contribution in [1.82, 2.24) is 10.2 Å². The van der Waals surface area contributed by atoms with Crippen molar-refractivity contribution in [1.29, 1.82) is 0 Å². The Hall–Kier alpha value is -1.17. The third-order valence-corrected chi connectivity index (χ3v) is 3.39. The zero-order valence-corrected chi connectivity index (χ0v) is 13.6. The molecule has 0 amide bonds. The van der Waals surface area contributed by atoms with Crippen LogP contribution in [0, 0.1) is 5.82 Å². The zero-order valence-electron chi connectivity index (χ0n) is 13.6. The van der Waals surface area contributed by atoms with Crippen LogP contribution in [-0.4, -0.2) is 49.9 Å². The largest absolute Gasteiger partial charge is 0.496 e. The molecule has 5 heteroatoms. The molecule has 1 unspecified atom stereocenters. The van der Waals surface area contributed by atoms with E-state index in [2.05, 4.69) is 5.32 Å². The van der Waals surface area contributed by atoms with Gasteiger partial charge in [-0.05, 0) is 53.0 Å². The molecular weight excluding hydrogens is 271 g/mol. The molecule has 0 heterocycles. The van der Waals surface area contributed by atoms with E-state index in [1.54, 1.807) is 33.1 Å².